The predicted octanol–water partition coefficient (Wildman–Crippen LogP) is 0.371. The molecular weight excluding hydrogens is 426 g/mol. The Morgan fingerprint density at radius 3 is 2.55 bits per heavy atom. The lowest BCUT2D eigenvalue weighted by Crippen LogP contribution is -2.52. The van der Waals surface area contributed by atoms with Crippen LogP contribution in [0.2, 0.25) is 0 Å². The number of likely N-dealkylation sites (tertiary alicyclic amines) is 1. The van der Waals surface area contributed by atoms with Crippen molar-refractivity contribution in [3.63, 3.8) is 0 Å². The molecule has 2 heterocycles. The number of rotatable bonds is 5. The van der Waals surface area contributed by atoms with Gasteiger partial charge in [0.05, 0.1) is 19.0 Å². The van der Waals surface area contributed by atoms with Crippen molar-refractivity contribution in [1.82, 2.24) is 20.4 Å². The number of nitrogens with one attached hydrogen (secondary N) is 1. The van der Waals surface area contributed by atoms with Gasteiger partial charge in [0.2, 0.25) is 23.6 Å². The van der Waals surface area contributed by atoms with Gasteiger partial charge in [0.1, 0.15) is 17.6 Å². The van der Waals surface area contributed by atoms with E-state index < -0.39 is 79.8 Å². The molecule has 0 bridgehead atoms. The van der Waals surface area contributed by atoms with Crippen LogP contribution in [-0.2, 0) is 14.4 Å². The zero-order chi connectivity index (χ0) is 23.0. The van der Waals surface area contributed by atoms with Gasteiger partial charge in [0.15, 0.2) is 0 Å². The molecule has 0 aromatic carbocycles. The highest BCUT2D eigenvalue weighted by Gasteiger charge is 2.70. The van der Waals surface area contributed by atoms with Crippen molar-refractivity contribution in [3.05, 3.63) is 11.8 Å². The third-order valence-corrected chi connectivity index (χ3v) is 5.12. The molecule has 0 spiro atoms. The average Bonchev–Trinajstić information content (AvgIpc) is 3.25. The first-order chi connectivity index (χ1) is 14.4. The van der Waals surface area contributed by atoms with Crippen molar-refractivity contribution < 1.29 is 36.4 Å². The van der Waals surface area contributed by atoms with Crippen LogP contribution < -0.4 is 11.1 Å². The number of carbonyl (C=O) groups excluding carboxylic acids is 3. The summed E-state index contributed by atoms with van der Waals surface area (Å²) in [6.45, 7) is 0.898. The molecule has 3 rings (SSSR count). The summed E-state index contributed by atoms with van der Waals surface area (Å²) in [7, 11) is 0. The number of aromatic nitrogens is 2. The largest absolute Gasteiger partial charge is 0.415 e. The second kappa shape index (κ2) is 8.16. The summed E-state index contributed by atoms with van der Waals surface area (Å²) < 4.78 is 59.0. The van der Waals surface area contributed by atoms with Crippen LogP contribution in [0.5, 0.6) is 0 Å². The number of hydrogen-bond acceptors (Lipinski definition) is 6. The van der Waals surface area contributed by atoms with E-state index in [1.165, 1.54) is 6.92 Å². The SMILES string of the molecule is Cc1nnc(C#C[C@H](CC(N)=O)NC(=O)[C@@H]2C[C@@H](F)CN2C(=O)C2(C(F)(F)F)CC2)o1. The molecule has 1 aliphatic carbocycles. The predicted molar refractivity (Wildman–Crippen MR) is 94.4 cm³/mol. The maximum atomic E-state index is 14.0. The van der Waals surface area contributed by atoms with Crippen LogP contribution in [0.3, 0.4) is 0 Å². The van der Waals surface area contributed by atoms with Gasteiger partial charge in [-0.15, -0.1) is 5.10 Å². The highest BCUT2D eigenvalue weighted by molar-refractivity contribution is 5.93. The Labute approximate surface area is 173 Å². The van der Waals surface area contributed by atoms with Crippen LogP contribution in [0.1, 0.15) is 37.5 Å². The maximum Gasteiger partial charge on any atom is 0.403 e. The normalized spacial score (nSPS) is 22.9. The first-order valence-corrected chi connectivity index (χ1v) is 9.35. The monoisotopic (exact) mass is 445 g/mol. The Balaban J connectivity index is 1.76. The van der Waals surface area contributed by atoms with Crippen molar-refractivity contribution >= 4 is 17.7 Å². The number of halogens is 4. The Bertz CT molecular complexity index is 947. The molecule has 1 aromatic heterocycles. The molecule has 1 saturated carbocycles. The number of alkyl halides is 4. The summed E-state index contributed by atoms with van der Waals surface area (Å²) >= 11 is 0. The molecule has 13 heteroatoms. The van der Waals surface area contributed by atoms with Crippen molar-refractivity contribution in [3.8, 4) is 11.8 Å². The number of nitrogens with zero attached hydrogens (tertiary/aromatic N) is 3. The third-order valence-electron chi connectivity index (χ3n) is 5.12. The summed E-state index contributed by atoms with van der Waals surface area (Å²) in [6.07, 6.45) is -8.16. The zero-order valence-corrected chi connectivity index (χ0v) is 16.3. The molecule has 0 radical (unpaired) electrons. The maximum absolute atomic E-state index is 14.0. The molecule has 2 aliphatic rings. The smallest absolute Gasteiger partial charge is 0.403 e. The molecule has 168 valence electrons. The number of hydrogen-bond donors (Lipinski definition) is 2. The van der Waals surface area contributed by atoms with Crippen LogP contribution in [0.15, 0.2) is 4.42 Å². The van der Waals surface area contributed by atoms with Gasteiger partial charge in [-0.1, -0.05) is 11.0 Å². The summed E-state index contributed by atoms with van der Waals surface area (Å²) in [5.74, 6) is 2.01. The van der Waals surface area contributed by atoms with Gasteiger partial charge in [0.25, 0.3) is 5.89 Å². The van der Waals surface area contributed by atoms with E-state index in [0.717, 1.165) is 0 Å². The summed E-state index contributed by atoms with van der Waals surface area (Å²) in [4.78, 5) is 37.2. The molecule has 1 saturated heterocycles. The van der Waals surface area contributed by atoms with Crippen molar-refractivity contribution in [1.29, 1.82) is 0 Å². The quantitative estimate of drug-likeness (QED) is 0.497. The topological polar surface area (TPSA) is 131 Å². The Kier molecular flexibility index (Phi) is 5.93. The molecule has 0 unspecified atom stereocenters. The van der Waals surface area contributed by atoms with Gasteiger partial charge in [-0.2, -0.15) is 13.2 Å². The minimum absolute atomic E-state index is 0.0939. The van der Waals surface area contributed by atoms with Gasteiger partial charge in [-0.25, -0.2) is 4.39 Å². The molecule has 31 heavy (non-hydrogen) atoms. The van der Waals surface area contributed by atoms with Crippen molar-refractivity contribution in [2.24, 2.45) is 11.1 Å². The van der Waals surface area contributed by atoms with E-state index >= 15 is 0 Å². The van der Waals surface area contributed by atoms with Crippen LogP contribution in [0.25, 0.3) is 0 Å². The number of nitrogens with two attached hydrogens (primary N) is 1. The second-order valence-corrected chi connectivity index (χ2v) is 7.51. The molecule has 1 aromatic rings. The first kappa shape index (κ1) is 22.5. The molecular formula is C18H19F4N5O4. The van der Waals surface area contributed by atoms with Gasteiger partial charge >= 0.3 is 6.18 Å². The standard InChI is InChI=1S/C18H19F4N5O4/c1-9-25-26-14(31-9)3-2-11(7-13(23)28)24-15(29)12-6-10(19)8-27(12)16(30)17(4-5-17)18(20,21)22/h10-12H,4-8H2,1H3,(H2,23,28)(H,24,29)/t10-,11-,12+/m1/s1. The fourth-order valence-corrected chi connectivity index (χ4v) is 3.38. The lowest BCUT2D eigenvalue weighted by atomic mass is 10.0. The summed E-state index contributed by atoms with van der Waals surface area (Å²) in [6, 6.07) is -2.63. The average molecular weight is 445 g/mol. The van der Waals surface area contributed by atoms with Gasteiger partial charge in [-0.05, 0) is 18.8 Å². The Morgan fingerprint density at radius 2 is 2.03 bits per heavy atom. The highest BCUT2D eigenvalue weighted by atomic mass is 19.4. The van der Waals surface area contributed by atoms with E-state index in [0.29, 0.717) is 4.90 Å². The number of primary amides is 1. The lowest BCUT2D eigenvalue weighted by Gasteiger charge is -2.29. The van der Waals surface area contributed by atoms with E-state index in [4.69, 9.17) is 10.2 Å². The Morgan fingerprint density at radius 1 is 1.35 bits per heavy atom. The van der Waals surface area contributed by atoms with E-state index in [9.17, 15) is 31.9 Å². The van der Waals surface area contributed by atoms with E-state index in [1.807, 2.05) is 0 Å². The van der Waals surface area contributed by atoms with Gasteiger partial charge < -0.3 is 20.4 Å². The van der Waals surface area contributed by atoms with Crippen LogP contribution >= 0.6 is 0 Å². The lowest BCUT2D eigenvalue weighted by molar-refractivity contribution is -0.199. The fraction of sp³-hybridized carbons (Fsp3) is 0.611. The Hall–Kier alpha value is -3.17. The van der Waals surface area contributed by atoms with Crippen LogP contribution in [0.4, 0.5) is 17.6 Å². The number of aryl methyl sites for hydroxylation is 1. The van der Waals surface area contributed by atoms with E-state index in [1.54, 1.807) is 0 Å². The number of amides is 3. The molecule has 9 nitrogen and oxygen atoms in total. The van der Waals surface area contributed by atoms with Crippen LogP contribution in [-0.4, -0.2) is 63.8 Å². The van der Waals surface area contributed by atoms with Gasteiger partial charge in [-0.3, -0.25) is 14.4 Å². The van der Waals surface area contributed by atoms with E-state index in [2.05, 4.69) is 27.4 Å². The van der Waals surface area contributed by atoms with E-state index in [-0.39, 0.29) is 11.8 Å². The van der Waals surface area contributed by atoms with Gasteiger partial charge in [0, 0.05) is 13.3 Å². The first-order valence-electron chi connectivity index (χ1n) is 9.35. The summed E-state index contributed by atoms with van der Waals surface area (Å²) in [5, 5.41) is 9.53. The summed E-state index contributed by atoms with van der Waals surface area (Å²) in [5.41, 5.74) is 2.58. The molecule has 1 aliphatic heterocycles. The second-order valence-electron chi connectivity index (χ2n) is 7.51. The van der Waals surface area contributed by atoms with Crippen molar-refractivity contribution in [2.45, 2.75) is 57.0 Å². The van der Waals surface area contributed by atoms with Crippen LogP contribution in [0, 0.1) is 24.2 Å². The molecule has 3 amide bonds. The number of carbonyl (C=O) groups is 3. The van der Waals surface area contributed by atoms with Crippen molar-refractivity contribution in [2.75, 3.05) is 6.54 Å². The third kappa shape index (κ3) is 4.78. The molecule has 2 fully saturated rings. The fourth-order valence-electron chi connectivity index (χ4n) is 3.38. The molecule has 3 N–H and O–H groups in total. The minimum Gasteiger partial charge on any atom is -0.415 e. The zero-order valence-electron chi connectivity index (χ0n) is 16.3. The highest BCUT2D eigenvalue weighted by Crippen LogP contribution is 2.59. The molecule has 3 atom stereocenters. The minimum atomic E-state index is -4.79.